The van der Waals surface area contributed by atoms with Crippen molar-refractivity contribution < 1.29 is 4.79 Å². The number of carbonyl (C=O) groups is 1. The fraction of sp³-hybridized carbons (Fsp3) is 0.200. The molecule has 0 saturated heterocycles. The summed E-state index contributed by atoms with van der Waals surface area (Å²) < 4.78 is 0. The number of nitrogens with one attached hydrogen (secondary N) is 1. The molecule has 0 bridgehead atoms. The van der Waals surface area contributed by atoms with Gasteiger partial charge < -0.3 is 5.32 Å². The van der Waals surface area contributed by atoms with Crippen LogP contribution >= 0.6 is 0 Å². The average molecular weight is 240 g/mol. The van der Waals surface area contributed by atoms with Gasteiger partial charge in [0.2, 0.25) is 5.91 Å². The highest BCUT2D eigenvalue weighted by Crippen LogP contribution is 2.21. The molecule has 0 saturated carbocycles. The Balaban J connectivity index is 2.18. The SMILES string of the molecule is CC(=O)NC(C)c1ccc(-c2ccncc2)cc1. The van der Waals surface area contributed by atoms with Gasteiger partial charge in [0.05, 0.1) is 6.04 Å². The van der Waals surface area contributed by atoms with E-state index in [1.807, 2.05) is 31.2 Å². The molecule has 1 atom stereocenters. The summed E-state index contributed by atoms with van der Waals surface area (Å²) in [5.74, 6) is -0.0132. The van der Waals surface area contributed by atoms with E-state index >= 15 is 0 Å². The molecule has 0 aliphatic heterocycles. The Hall–Kier alpha value is -2.16. The van der Waals surface area contributed by atoms with Gasteiger partial charge in [-0.15, -0.1) is 0 Å². The number of hydrogen-bond donors (Lipinski definition) is 1. The number of amides is 1. The first-order chi connectivity index (χ1) is 8.66. The highest BCUT2D eigenvalue weighted by molar-refractivity contribution is 5.73. The Morgan fingerprint density at radius 1 is 1.06 bits per heavy atom. The van der Waals surface area contributed by atoms with Gasteiger partial charge in [-0.1, -0.05) is 24.3 Å². The molecule has 18 heavy (non-hydrogen) atoms. The Morgan fingerprint density at radius 3 is 2.17 bits per heavy atom. The Bertz CT molecular complexity index is 520. The standard InChI is InChI=1S/C15H16N2O/c1-11(17-12(2)18)13-3-5-14(6-4-13)15-7-9-16-10-8-15/h3-11H,1-2H3,(H,17,18). The fourth-order valence-electron chi connectivity index (χ4n) is 1.90. The van der Waals surface area contributed by atoms with Gasteiger partial charge in [0.1, 0.15) is 0 Å². The third kappa shape index (κ3) is 2.94. The number of aromatic nitrogens is 1. The predicted molar refractivity (Wildman–Crippen MR) is 71.9 cm³/mol. The lowest BCUT2D eigenvalue weighted by molar-refractivity contribution is -0.119. The Morgan fingerprint density at radius 2 is 1.61 bits per heavy atom. The third-order valence-electron chi connectivity index (χ3n) is 2.84. The van der Waals surface area contributed by atoms with Crippen LogP contribution in [0.25, 0.3) is 11.1 Å². The number of hydrogen-bond acceptors (Lipinski definition) is 2. The number of rotatable bonds is 3. The zero-order valence-corrected chi connectivity index (χ0v) is 10.6. The summed E-state index contributed by atoms with van der Waals surface area (Å²) in [4.78, 5) is 15.0. The molecule has 0 spiro atoms. The molecule has 0 aliphatic carbocycles. The van der Waals surface area contributed by atoms with Crippen LogP contribution < -0.4 is 5.32 Å². The van der Waals surface area contributed by atoms with Crippen molar-refractivity contribution in [1.29, 1.82) is 0 Å². The van der Waals surface area contributed by atoms with E-state index in [0.717, 1.165) is 16.7 Å². The van der Waals surface area contributed by atoms with Crippen LogP contribution in [0.3, 0.4) is 0 Å². The molecule has 1 aromatic carbocycles. The summed E-state index contributed by atoms with van der Waals surface area (Å²) in [6.07, 6.45) is 3.56. The van der Waals surface area contributed by atoms with Crippen LogP contribution in [0.1, 0.15) is 25.5 Å². The zero-order chi connectivity index (χ0) is 13.0. The predicted octanol–water partition coefficient (Wildman–Crippen LogP) is 2.95. The smallest absolute Gasteiger partial charge is 0.217 e. The molecule has 0 radical (unpaired) electrons. The first-order valence-electron chi connectivity index (χ1n) is 5.94. The van der Waals surface area contributed by atoms with E-state index in [9.17, 15) is 4.79 Å². The monoisotopic (exact) mass is 240 g/mol. The Labute approximate surface area is 107 Å². The summed E-state index contributed by atoms with van der Waals surface area (Å²) in [6, 6.07) is 12.2. The lowest BCUT2D eigenvalue weighted by Crippen LogP contribution is -2.23. The molecular formula is C15H16N2O. The molecule has 1 N–H and O–H groups in total. The van der Waals surface area contributed by atoms with E-state index in [-0.39, 0.29) is 11.9 Å². The minimum atomic E-state index is -0.0132. The lowest BCUT2D eigenvalue weighted by Gasteiger charge is -2.13. The average Bonchev–Trinajstić information content (AvgIpc) is 2.39. The van der Waals surface area contributed by atoms with Crippen molar-refractivity contribution in [2.45, 2.75) is 19.9 Å². The van der Waals surface area contributed by atoms with Crippen molar-refractivity contribution in [2.75, 3.05) is 0 Å². The van der Waals surface area contributed by atoms with Gasteiger partial charge in [0.25, 0.3) is 0 Å². The van der Waals surface area contributed by atoms with Crippen molar-refractivity contribution in [3.05, 3.63) is 54.4 Å². The molecule has 1 aromatic heterocycles. The van der Waals surface area contributed by atoms with Gasteiger partial charge in [-0.25, -0.2) is 0 Å². The number of carbonyl (C=O) groups excluding carboxylic acids is 1. The number of pyridine rings is 1. The van der Waals surface area contributed by atoms with Crippen LogP contribution in [0.2, 0.25) is 0 Å². The number of benzene rings is 1. The van der Waals surface area contributed by atoms with E-state index in [4.69, 9.17) is 0 Å². The molecule has 1 amide bonds. The van der Waals surface area contributed by atoms with Crippen LogP contribution in [0, 0.1) is 0 Å². The molecule has 2 aromatic rings. The van der Waals surface area contributed by atoms with Crippen LogP contribution in [0.4, 0.5) is 0 Å². The molecular weight excluding hydrogens is 224 g/mol. The largest absolute Gasteiger partial charge is 0.350 e. The Kier molecular flexibility index (Phi) is 3.72. The van der Waals surface area contributed by atoms with Crippen molar-refractivity contribution in [3.8, 4) is 11.1 Å². The quantitative estimate of drug-likeness (QED) is 0.896. The summed E-state index contributed by atoms with van der Waals surface area (Å²) in [6.45, 7) is 3.50. The minimum absolute atomic E-state index is 0.0132. The van der Waals surface area contributed by atoms with Crippen molar-refractivity contribution in [2.24, 2.45) is 0 Å². The summed E-state index contributed by atoms with van der Waals surface area (Å²) in [7, 11) is 0. The van der Waals surface area contributed by atoms with Crippen molar-refractivity contribution >= 4 is 5.91 Å². The van der Waals surface area contributed by atoms with Gasteiger partial charge in [-0.05, 0) is 35.7 Å². The fourth-order valence-corrected chi connectivity index (χ4v) is 1.90. The second-order valence-electron chi connectivity index (χ2n) is 4.28. The minimum Gasteiger partial charge on any atom is -0.350 e. The molecule has 0 aliphatic rings. The maximum atomic E-state index is 11.0. The topological polar surface area (TPSA) is 42.0 Å². The van der Waals surface area contributed by atoms with E-state index < -0.39 is 0 Å². The molecule has 0 fully saturated rings. The highest BCUT2D eigenvalue weighted by Gasteiger charge is 2.06. The number of nitrogens with zero attached hydrogens (tertiary/aromatic N) is 1. The van der Waals surface area contributed by atoms with E-state index in [2.05, 4.69) is 22.4 Å². The molecule has 3 nitrogen and oxygen atoms in total. The van der Waals surface area contributed by atoms with Crippen LogP contribution in [0.5, 0.6) is 0 Å². The van der Waals surface area contributed by atoms with Gasteiger partial charge in [0, 0.05) is 19.3 Å². The van der Waals surface area contributed by atoms with Crippen molar-refractivity contribution in [1.82, 2.24) is 10.3 Å². The van der Waals surface area contributed by atoms with Crippen LogP contribution in [-0.2, 0) is 4.79 Å². The normalized spacial score (nSPS) is 11.9. The summed E-state index contributed by atoms with van der Waals surface area (Å²) >= 11 is 0. The second-order valence-corrected chi connectivity index (χ2v) is 4.28. The molecule has 1 heterocycles. The van der Waals surface area contributed by atoms with E-state index in [1.165, 1.54) is 6.92 Å². The first-order valence-corrected chi connectivity index (χ1v) is 5.94. The van der Waals surface area contributed by atoms with Crippen LogP contribution in [0.15, 0.2) is 48.8 Å². The van der Waals surface area contributed by atoms with Gasteiger partial charge in [0.15, 0.2) is 0 Å². The van der Waals surface area contributed by atoms with Gasteiger partial charge >= 0.3 is 0 Å². The molecule has 3 heteroatoms. The van der Waals surface area contributed by atoms with Crippen molar-refractivity contribution in [3.63, 3.8) is 0 Å². The second kappa shape index (κ2) is 5.45. The van der Waals surface area contributed by atoms with Gasteiger partial charge in [-0.2, -0.15) is 0 Å². The van der Waals surface area contributed by atoms with Crippen LogP contribution in [-0.4, -0.2) is 10.9 Å². The summed E-state index contributed by atoms with van der Waals surface area (Å²) in [5.41, 5.74) is 3.39. The summed E-state index contributed by atoms with van der Waals surface area (Å²) in [5, 5.41) is 2.87. The molecule has 1 unspecified atom stereocenters. The maximum absolute atomic E-state index is 11.0. The van der Waals surface area contributed by atoms with E-state index in [1.54, 1.807) is 12.4 Å². The molecule has 2 rings (SSSR count). The maximum Gasteiger partial charge on any atom is 0.217 e. The highest BCUT2D eigenvalue weighted by atomic mass is 16.1. The third-order valence-corrected chi connectivity index (χ3v) is 2.84. The zero-order valence-electron chi connectivity index (χ0n) is 10.6. The molecule has 92 valence electrons. The first kappa shape index (κ1) is 12.3. The van der Waals surface area contributed by atoms with E-state index in [0.29, 0.717) is 0 Å². The van der Waals surface area contributed by atoms with Gasteiger partial charge in [-0.3, -0.25) is 9.78 Å². The lowest BCUT2D eigenvalue weighted by atomic mass is 10.0.